The van der Waals surface area contributed by atoms with Gasteiger partial charge in [0.05, 0.1) is 10.6 Å². The lowest BCUT2D eigenvalue weighted by molar-refractivity contribution is -0.114. The molecule has 0 fully saturated rings. The maximum absolute atomic E-state index is 12.7. The van der Waals surface area contributed by atoms with Crippen LogP contribution in [-0.4, -0.2) is 57.7 Å². The Morgan fingerprint density at radius 3 is 2.18 bits per heavy atom. The second kappa shape index (κ2) is 10.2. The van der Waals surface area contributed by atoms with E-state index >= 15 is 0 Å². The number of amides is 1. The molecule has 1 amide bonds. The summed E-state index contributed by atoms with van der Waals surface area (Å²) in [7, 11) is -5.13. The molecule has 2 N–H and O–H groups in total. The van der Waals surface area contributed by atoms with Gasteiger partial charge in [0, 0.05) is 31.7 Å². The summed E-state index contributed by atoms with van der Waals surface area (Å²) in [6, 6.07) is 15.3. The molecule has 180 valence electrons. The van der Waals surface area contributed by atoms with E-state index in [1.165, 1.54) is 44.6 Å². The Bertz CT molecular complexity index is 1360. The molecule has 0 unspecified atom stereocenters. The molecule has 13 heteroatoms. The highest BCUT2D eigenvalue weighted by Gasteiger charge is 2.27. The van der Waals surface area contributed by atoms with E-state index in [-0.39, 0.29) is 10.8 Å². The first-order valence-electron chi connectivity index (χ1n) is 9.97. The zero-order valence-electron chi connectivity index (χ0n) is 18.7. The number of carbonyl (C=O) groups is 1. The number of hydrogen-bond donors (Lipinski definition) is 2. The topological polar surface area (TPSA) is 142 Å². The number of carbonyl (C=O) groups excluding carboxylic acids is 1. The third-order valence-corrected chi connectivity index (χ3v) is 7.70. The minimum atomic E-state index is -3.94. The SMILES string of the molecule is Cc1ccnc(NS(=O)(=O)c2ccc(NC(=O)CN(c3ccccc3)S(=O)(=O)N(C)C)cc2)n1. The summed E-state index contributed by atoms with van der Waals surface area (Å²) < 4.78 is 54.9. The van der Waals surface area contributed by atoms with Crippen LogP contribution in [0.25, 0.3) is 0 Å². The molecule has 34 heavy (non-hydrogen) atoms. The van der Waals surface area contributed by atoms with E-state index in [1.807, 2.05) is 0 Å². The average molecular weight is 505 g/mol. The maximum Gasteiger partial charge on any atom is 0.304 e. The molecule has 0 saturated heterocycles. The highest BCUT2D eigenvalue weighted by molar-refractivity contribution is 7.92. The van der Waals surface area contributed by atoms with Gasteiger partial charge >= 0.3 is 10.2 Å². The summed E-state index contributed by atoms with van der Waals surface area (Å²) in [6.07, 6.45) is 1.44. The monoisotopic (exact) mass is 504 g/mol. The fraction of sp³-hybridized carbons (Fsp3) is 0.190. The Balaban J connectivity index is 1.73. The van der Waals surface area contributed by atoms with Gasteiger partial charge in [0.1, 0.15) is 6.54 Å². The number of aryl methyl sites for hydroxylation is 1. The van der Waals surface area contributed by atoms with Crippen molar-refractivity contribution in [3.8, 4) is 0 Å². The zero-order chi connectivity index (χ0) is 24.9. The van der Waals surface area contributed by atoms with E-state index in [0.717, 1.165) is 8.61 Å². The normalized spacial score (nSPS) is 11.8. The van der Waals surface area contributed by atoms with Gasteiger partial charge in [0.2, 0.25) is 11.9 Å². The Hall–Kier alpha value is -3.55. The van der Waals surface area contributed by atoms with E-state index in [0.29, 0.717) is 17.1 Å². The molecule has 0 spiro atoms. The van der Waals surface area contributed by atoms with Crippen LogP contribution in [0.3, 0.4) is 0 Å². The molecule has 0 saturated carbocycles. The van der Waals surface area contributed by atoms with Crippen molar-refractivity contribution in [2.24, 2.45) is 0 Å². The van der Waals surface area contributed by atoms with Gasteiger partial charge in [-0.05, 0) is 49.4 Å². The van der Waals surface area contributed by atoms with Crippen molar-refractivity contribution in [1.82, 2.24) is 14.3 Å². The molecular weight excluding hydrogens is 480 g/mol. The lowest BCUT2D eigenvalue weighted by Gasteiger charge is -2.26. The number of rotatable bonds is 9. The lowest BCUT2D eigenvalue weighted by Crippen LogP contribution is -2.44. The third-order valence-electron chi connectivity index (χ3n) is 4.54. The van der Waals surface area contributed by atoms with E-state index in [4.69, 9.17) is 0 Å². The largest absolute Gasteiger partial charge is 0.325 e. The Labute approximate surface area is 198 Å². The van der Waals surface area contributed by atoms with Crippen molar-refractivity contribution < 1.29 is 21.6 Å². The smallest absolute Gasteiger partial charge is 0.304 e. The fourth-order valence-corrected chi connectivity index (χ4v) is 4.84. The minimum absolute atomic E-state index is 0.0551. The van der Waals surface area contributed by atoms with E-state index in [1.54, 1.807) is 43.3 Å². The van der Waals surface area contributed by atoms with Crippen molar-refractivity contribution in [3.05, 3.63) is 72.6 Å². The molecule has 0 bridgehead atoms. The second-order valence-electron chi connectivity index (χ2n) is 7.33. The fourth-order valence-electron chi connectivity index (χ4n) is 2.82. The Morgan fingerprint density at radius 1 is 0.941 bits per heavy atom. The first kappa shape index (κ1) is 25.1. The zero-order valence-corrected chi connectivity index (χ0v) is 20.3. The molecule has 0 aliphatic heterocycles. The Morgan fingerprint density at radius 2 is 1.59 bits per heavy atom. The summed E-state index contributed by atoms with van der Waals surface area (Å²) in [5.41, 5.74) is 1.23. The van der Waals surface area contributed by atoms with Crippen molar-refractivity contribution >= 4 is 43.5 Å². The Kier molecular flexibility index (Phi) is 7.49. The number of hydrogen-bond acceptors (Lipinski definition) is 7. The van der Waals surface area contributed by atoms with Gasteiger partial charge in [-0.15, -0.1) is 0 Å². The molecular formula is C21H24N6O5S2. The molecule has 3 aromatic rings. The van der Waals surface area contributed by atoms with Crippen molar-refractivity contribution in [2.75, 3.05) is 35.0 Å². The molecule has 2 aromatic carbocycles. The van der Waals surface area contributed by atoms with Crippen LogP contribution in [-0.2, 0) is 25.0 Å². The molecule has 11 nitrogen and oxygen atoms in total. The van der Waals surface area contributed by atoms with Gasteiger partial charge in [-0.2, -0.15) is 12.7 Å². The minimum Gasteiger partial charge on any atom is -0.325 e. The van der Waals surface area contributed by atoms with Crippen LogP contribution in [0.1, 0.15) is 5.69 Å². The van der Waals surface area contributed by atoms with Gasteiger partial charge in [0.15, 0.2) is 0 Å². The molecule has 0 aliphatic rings. The standard InChI is InChI=1S/C21H24N6O5S2/c1-16-13-14-22-21(23-16)25-33(29,30)19-11-9-17(10-12-19)24-20(28)15-27(34(31,32)26(2)3)18-7-5-4-6-8-18/h4-14H,15H2,1-3H3,(H,24,28)(H,22,23,25). The number of benzene rings is 2. The third kappa shape index (κ3) is 6.07. The van der Waals surface area contributed by atoms with Crippen LogP contribution >= 0.6 is 0 Å². The summed E-state index contributed by atoms with van der Waals surface area (Å²) >= 11 is 0. The van der Waals surface area contributed by atoms with E-state index < -0.39 is 32.7 Å². The van der Waals surface area contributed by atoms with Crippen LogP contribution in [0.5, 0.6) is 0 Å². The highest BCUT2D eigenvalue weighted by atomic mass is 32.2. The predicted molar refractivity (Wildman–Crippen MR) is 129 cm³/mol. The van der Waals surface area contributed by atoms with Gasteiger partial charge in [0.25, 0.3) is 10.0 Å². The second-order valence-corrected chi connectivity index (χ2v) is 11.1. The number of aromatic nitrogens is 2. The van der Waals surface area contributed by atoms with Crippen LogP contribution in [0.15, 0.2) is 71.8 Å². The summed E-state index contributed by atoms with van der Waals surface area (Å²) in [4.78, 5) is 20.5. The van der Waals surface area contributed by atoms with Crippen molar-refractivity contribution in [3.63, 3.8) is 0 Å². The number of nitrogens with one attached hydrogen (secondary N) is 2. The molecule has 1 heterocycles. The van der Waals surface area contributed by atoms with Gasteiger partial charge in [-0.25, -0.2) is 27.4 Å². The average Bonchev–Trinajstić information content (AvgIpc) is 2.78. The highest BCUT2D eigenvalue weighted by Crippen LogP contribution is 2.20. The van der Waals surface area contributed by atoms with Crippen molar-refractivity contribution in [1.29, 1.82) is 0 Å². The van der Waals surface area contributed by atoms with Crippen LogP contribution in [0, 0.1) is 6.92 Å². The van der Waals surface area contributed by atoms with Crippen molar-refractivity contribution in [2.45, 2.75) is 11.8 Å². The quantitative estimate of drug-likeness (QED) is 0.453. The van der Waals surface area contributed by atoms with Crippen LogP contribution in [0.2, 0.25) is 0 Å². The number of anilines is 3. The number of sulfonamides is 1. The molecule has 0 radical (unpaired) electrons. The summed E-state index contributed by atoms with van der Waals surface area (Å²) in [6.45, 7) is 1.23. The molecule has 0 aliphatic carbocycles. The van der Waals surface area contributed by atoms with E-state index in [9.17, 15) is 21.6 Å². The molecule has 3 rings (SSSR count). The maximum atomic E-state index is 12.7. The lowest BCUT2D eigenvalue weighted by atomic mass is 10.3. The first-order valence-corrected chi connectivity index (χ1v) is 12.8. The predicted octanol–water partition coefficient (Wildman–Crippen LogP) is 1.84. The van der Waals surface area contributed by atoms with E-state index in [2.05, 4.69) is 20.0 Å². The summed E-state index contributed by atoms with van der Waals surface area (Å²) in [5, 5.41) is 2.59. The number of nitrogens with zero attached hydrogens (tertiary/aromatic N) is 4. The molecule has 0 atom stereocenters. The first-order chi connectivity index (χ1) is 16.0. The summed E-state index contributed by atoms with van der Waals surface area (Å²) in [5.74, 6) is -0.656. The number of para-hydroxylation sites is 1. The van der Waals surface area contributed by atoms with Gasteiger partial charge < -0.3 is 5.32 Å². The van der Waals surface area contributed by atoms with Crippen LogP contribution in [0.4, 0.5) is 17.3 Å². The van der Waals surface area contributed by atoms with Gasteiger partial charge in [-0.3, -0.25) is 4.79 Å². The molecule has 1 aromatic heterocycles. The van der Waals surface area contributed by atoms with Crippen LogP contribution < -0.4 is 14.3 Å². The van der Waals surface area contributed by atoms with Gasteiger partial charge in [-0.1, -0.05) is 18.2 Å².